The number of hydrogen-bond donors (Lipinski definition) is 3. The third kappa shape index (κ3) is 6.14. The SMILES string of the molecule is C[C@@H]1[C@H](C)CCC[C@@H]1NC(=S)NNC(=O)CSc1ccc([N+](=O)[O-])cc1. The predicted molar refractivity (Wildman–Crippen MR) is 107 cm³/mol. The molecule has 142 valence electrons. The quantitative estimate of drug-likeness (QED) is 0.305. The first-order chi connectivity index (χ1) is 12.4. The number of thioether (sulfide) groups is 1. The molecule has 1 aliphatic rings. The van der Waals surface area contributed by atoms with E-state index < -0.39 is 4.92 Å². The van der Waals surface area contributed by atoms with E-state index in [-0.39, 0.29) is 17.3 Å². The summed E-state index contributed by atoms with van der Waals surface area (Å²) in [4.78, 5) is 22.9. The number of amides is 1. The van der Waals surface area contributed by atoms with E-state index >= 15 is 0 Å². The molecular formula is C17H24N4O3S2. The zero-order valence-electron chi connectivity index (χ0n) is 14.9. The van der Waals surface area contributed by atoms with Crippen LogP contribution in [0.25, 0.3) is 0 Å². The number of hydrogen-bond acceptors (Lipinski definition) is 5. The van der Waals surface area contributed by atoms with Crippen LogP contribution in [0.15, 0.2) is 29.2 Å². The molecule has 0 bridgehead atoms. The van der Waals surface area contributed by atoms with Crippen LogP contribution in [0.5, 0.6) is 0 Å². The fourth-order valence-electron chi connectivity index (χ4n) is 2.97. The van der Waals surface area contributed by atoms with Crippen LogP contribution < -0.4 is 16.2 Å². The minimum atomic E-state index is -0.451. The molecule has 0 aromatic heterocycles. The molecule has 0 unspecified atom stereocenters. The van der Waals surface area contributed by atoms with Crippen molar-refractivity contribution >= 4 is 40.7 Å². The Hall–Kier alpha value is -1.87. The van der Waals surface area contributed by atoms with Gasteiger partial charge < -0.3 is 5.32 Å². The molecule has 9 heteroatoms. The number of nitro benzene ring substituents is 1. The van der Waals surface area contributed by atoms with Crippen LogP contribution in [-0.4, -0.2) is 27.7 Å². The largest absolute Gasteiger partial charge is 0.358 e. The summed E-state index contributed by atoms with van der Waals surface area (Å²) in [6, 6.07) is 6.42. The summed E-state index contributed by atoms with van der Waals surface area (Å²) in [5.41, 5.74) is 5.35. The minimum absolute atomic E-state index is 0.0307. The predicted octanol–water partition coefficient (Wildman–Crippen LogP) is 3.01. The van der Waals surface area contributed by atoms with Crippen LogP contribution in [-0.2, 0) is 4.79 Å². The molecule has 0 aliphatic heterocycles. The molecule has 3 atom stereocenters. The van der Waals surface area contributed by atoms with Crippen LogP contribution in [0.3, 0.4) is 0 Å². The van der Waals surface area contributed by atoms with Crippen molar-refractivity contribution in [1.82, 2.24) is 16.2 Å². The Morgan fingerprint density at radius 3 is 2.62 bits per heavy atom. The maximum Gasteiger partial charge on any atom is 0.269 e. The lowest BCUT2D eigenvalue weighted by atomic mass is 9.78. The first-order valence-electron chi connectivity index (χ1n) is 8.59. The lowest BCUT2D eigenvalue weighted by molar-refractivity contribution is -0.384. The van der Waals surface area contributed by atoms with E-state index in [1.807, 2.05) is 0 Å². The molecule has 0 saturated heterocycles. The molecule has 1 aromatic rings. The van der Waals surface area contributed by atoms with Crippen molar-refractivity contribution in [3.8, 4) is 0 Å². The number of hydrazine groups is 1. The van der Waals surface area contributed by atoms with Crippen LogP contribution in [0, 0.1) is 22.0 Å². The number of nitrogens with one attached hydrogen (secondary N) is 3. The number of nitrogens with zero attached hydrogens (tertiary/aromatic N) is 1. The number of non-ortho nitro benzene ring substituents is 1. The number of carbonyl (C=O) groups excluding carboxylic acids is 1. The number of nitro groups is 1. The van der Waals surface area contributed by atoms with Gasteiger partial charge in [-0.2, -0.15) is 0 Å². The second-order valence-electron chi connectivity index (χ2n) is 6.56. The van der Waals surface area contributed by atoms with Crippen LogP contribution >= 0.6 is 24.0 Å². The highest BCUT2D eigenvalue weighted by molar-refractivity contribution is 8.00. The summed E-state index contributed by atoms with van der Waals surface area (Å²) in [6.07, 6.45) is 3.51. The average molecular weight is 397 g/mol. The zero-order valence-corrected chi connectivity index (χ0v) is 16.5. The van der Waals surface area contributed by atoms with E-state index in [4.69, 9.17) is 12.2 Å². The zero-order chi connectivity index (χ0) is 19.1. The van der Waals surface area contributed by atoms with Crippen LogP contribution in [0.4, 0.5) is 5.69 Å². The van der Waals surface area contributed by atoms with E-state index in [1.165, 1.54) is 36.7 Å². The fourth-order valence-corrected chi connectivity index (χ4v) is 3.87. The van der Waals surface area contributed by atoms with Crippen LogP contribution in [0.2, 0.25) is 0 Å². The summed E-state index contributed by atoms with van der Waals surface area (Å²) in [7, 11) is 0. The van der Waals surface area contributed by atoms with Crippen molar-refractivity contribution in [2.24, 2.45) is 11.8 Å². The van der Waals surface area contributed by atoms with Crippen molar-refractivity contribution in [2.75, 3.05) is 5.75 Å². The molecule has 7 nitrogen and oxygen atoms in total. The highest BCUT2D eigenvalue weighted by atomic mass is 32.2. The molecule has 0 spiro atoms. The summed E-state index contributed by atoms with van der Waals surface area (Å²) in [5, 5.41) is 14.3. The number of benzene rings is 1. The van der Waals surface area contributed by atoms with Gasteiger partial charge in [0.15, 0.2) is 5.11 Å². The summed E-state index contributed by atoms with van der Waals surface area (Å²) in [5.74, 6) is 1.17. The third-order valence-corrected chi connectivity index (χ3v) is 5.99. The topological polar surface area (TPSA) is 96.3 Å². The Labute approximate surface area is 162 Å². The van der Waals surface area contributed by atoms with Crippen molar-refractivity contribution < 1.29 is 9.72 Å². The van der Waals surface area contributed by atoms with E-state index in [2.05, 4.69) is 30.0 Å². The lowest BCUT2D eigenvalue weighted by Crippen LogP contribution is -2.52. The van der Waals surface area contributed by atoms with Crippen molar-refractivity contribution in [2.45, 2.75) is 44.0 Å². The molecule has 1 aliphatic carbocycles. The lowest BCUT2D eigenvalue weighted by Gasteiger charge is -2.35. The Bertz CT molecular complexity index is 654. The van der Waals surface area contributed by atoms with Gasteiger partial charge in [0.2, 0.25) is 5.91 Å². The van der Waals surface area contributed by atoms with Gasteiger partial charge in [-0.25, -0.2) is 0 Å². The molecule has 1 aromatic carbocycles. The smallest absolute Gasteiger partial charge is 0.269 e. The summed E-state index contributed by atoms with van der Waals surface area (Å²) in [6.45, 7) is 4.48. The Morgan fingerprint density at radius 2 is 1.96 bits per heavy atom. The second-order valence-corrected chi connectivity index (χ2v) is 8.02. The van der Waals surface area contributed by atoms with Gasteiger partial charge in [0.1, 0.15) is 0 Å². The molecule has 26 heavy (non-hydrogen) atoms. The van der Waals surface area contributed by atoms with Gasteiger partial charge in [-0.15, -0.1) is 11.8 Å². The van der Waals surface area contributed by atoms with E-state index in [9.17, 15) is 14.9 Å². The third-order valence-electron chi connectivity index (χ3n) is 4.76. The monoisotopic (exact) mass is 396 g/mol. The maximum absolute atomic E-state index is 11.9. The van der Waals surface area contributed by atoms with Gasteiger partial charge in [-0.1, -0.05) is 26.7 Å². The number of thiocarbonyl (C=S) groups is 1. The highest BCUT2D eigenvalue weighted by Crippen LogP contribution is 2.29. The average Bonchev–Trinajstić information content (AvgIpc) is 2.62. The van der Waals surface area contributed by atoms with E-state index in [0.29, 0.717) is 23.0 Å². The molecule has 3 N–H and O–H groups in total. The summed E-state index contributed by atoms with van der Waals surface area (Å²) >= 11 is 6.55. The molecule has 1 saturated carbocycles. The standard InChI is InChI=1S/C17H24N4O3S2/c1-11-4-3-5-15(12(11)2)18-17(25)20-19-16(22)10-26-14-8-6-13(7-9-14)21(23)24/h6-9,11-12,15H,3-5,10H2,1-2H3,(H,19,22)(H2,18,20,25)/t11-,12-,15+/m1/s1. The molecule has 0 radical (unpaired) electrons. The first kappa shape index (κ1) is 20.4. The molecular weight excluding hydrogens is 372 g/mol. The summed E-state index contributed by atoms with van der Waals surface area (Å²) < 4.78 is 0. The van der Waals surface area contributed by atoms with Gasteiger partial charge in [-0.3, -0.25) is 25.8 Å². The maximum atomic E-state index is 11.9. The molecule has 2 rings (SSSR count). The Kier molecular flexibility index (Phi) is 7.65. The van der Waals surface area contributed by atoms with E-state index in [0.717, 1.165) is 11.3 Å². The molecule has 0 heterocycles. The molecule has 1 fully saturated rings. The normalized spacial score (nSPS) is 22.3. The second kappa shape index (κ2) is 9.72. The highest BCUT2D eigenvalue weighted by Gasteiger charge is 2.27. The Morgan fingerprint density at radius 1 is 1.27 bits per heavy atom. The molecule has 1 amide bonds. The van der Waals surface area contributed by atoms with Crippen molar-refractivity contribution in [1.29, 1.82) is 0 Å². The van der Waals surface area contributed by atoms with E-state index in [1.54, 1.807) is 12.1 Å². The van der Waals surface area contributed by atoms with Crippen LogP contribution in [0.1, 0.15) is 33.1 Å². The van der Waals surface area contributed by atoms with Gasteiger partial charge in [0.05, 0.1) is 10.7 Å². The fraction of sp³-hybridized carbons (Fsp3) is 0.529. The van der Waals surface area contributed by atoms with Gasteiger partial charge in [-0.05, 0) is 42.6 Å². The Balaban J connectivity index is 1.69. The van der Waals surface area contributed by atoms with Gasteiger partial charge in [0.25, 0.3) is 5.69 Å². The number of rotatable bonds is 5. The van der Waals surface area contributed by atoms with Gasteiger partial charge >= 0.3 is 0 Å². The van der Waals surface area contributed by atoms with Crippen molar-refractivity contribution in [3.63, 3.8) is 0 Å². The number of carbonyl (C=O) groups is 1. The van der Waals surface area contributed by atoms with Gasteiger partial charge in [0, 0.05) is 23.1 Å². The first-order valence-corrected chi connectivity index (χ1v) is 9.99. The van der Waals surface area contributed by atoms with Crippen molar-refractivity contribution in [3.05, 3.63) is 34.4 Å². The minimum Gasteiger partial charge on any atom is -0.358 e.